The van der Waals surface area contributed by atoms with E-state index in [-0.39, 0.29) is 22.9 Å². The highest BCUT2D eigenvalue weighted by molar-refractivity contribution is 8.14. The number of hydrogen-bond donors (Lipinski definition) is 2. The normalized spacial score (nSPS) is 21.7. The minimum Gasteiger partial charge on any atom is -0.490 e. The maximum atomic E-state index is 14.1. The summed E-state index contributed by atoms with van der Waals surface area (Å²) in [4.78, 5) is 23.2. The van der Waals surface area contributed by atoms with Crippen LogP contribution in [0.4, 0.5) is 9.18 Å². The molecule has 2 aliphatic rings. The van der Waals surface area contributed by atoms with Gasteiger partial charge >= 0.3 is 0 Å². The fourth-order valence-corrected chi connectivity index (χ4v) is 3.10. The third-order valence-corrected chi connectivity index (χ3v) is 4.86. The fraction of sp³-hybridized carbons (Fsp3) is 0.500. The van der Waals surface area contributed by atoms with Crippen molar-refractivity contribution in [1.29, 1.82) is 0 Å². The number of nitrogens with one attached hydrogen (secondary N) is 2. The molecule has 1 saturated heterocycles. The summed E-state index contributed by atoms with van der Waals surface area (Å²) < 4.78 is 19.5. The van der Waals surface area contributed by atoms with Crippen LogP contribution < -0.4 is 15.4 Å². The van der Waals surface area contributed by atoms with Gasteiger partial charge in [-0.05, 0) is 43.4 Å². The van der Waals surface area contributed by atoms with E-state index in [4.69, 9.17) is 4.74 Å². The van der Waals surface area contributed by atoms with Crippen LogP contribution in [-0.2, 0) is 4.79 Å². The molecule has 0 spiro atoms. The Kier molecular flexibility index (Phi) is 4.75. The summed E-state index contributed by atoms with van der Waals surface area (Å²) in [6, 6.07) is 3.86. The lowest BCUT2D eigenvalue weighted by atomic mass is 10.1. The average Bonchev–Trinajstić information content (AvgIpc) is 3.25. The molecule has 1 heterocycles. The van der Waals surface area contributed by atoms with E-state index >= 15 is 0 Å². The molecule has 0 aromatic heterocycles. The molecule has 124 valence electrons. The molecule has 2 atom stereocenters. The van der Waals surface area contributed by atoms with Gasteiger partial charge in [-0.25, -0.2) is 4.39 Å². The number of carbonyl (C=O) groups is 2. The Balaban J connectivity index is 1.57. The lowest BCUT2D eigenvalue weighted by Gasteiger charge is -2.18. The number of ether oxygens (including phenoxy) is 1. The first-order chi connectivity index (χ1) is 11.0. The van der Waals surface area contributed by atoms with Crippen molar-refractivity contribution in [1.82, 2.24) is 10.6 Å². The maximum absolute atomic E-state index is 14.1. The van der Waals surface area contributed by atoms with Gasteiger partial charge in [-0.1, -0.05) is 17.8 Å². The summed E-state index contributed by atoms with van der Waals surface area (Å²) in [5, 5.41) is 5.18. The molecule has 0 bridgehead atoms. The molecule has 0 radical (unpaired) electrons. The maximum Gasteiger partial charge on any atom is 0.279 e. The Morgan fingerprint density at radius 1 is 1.52 bits per heavy atom. The second-order valence-corrected chi connectivity index (χ2v) is 6.96. The molecule has 2 fully saturated rings. The predicted molar refractivity (Wildman–Crippen MR) is 86.0 cm³/mol. The van der Waals surface area contributed by atoms with Gasteiger partial charge in [-0.3, -0.25) is 9.59 Å². The molecule has 1 aromatic carbocycles. The molecule has 23 heavy (non-hydrogen) atoms. The van der Waals surface area contributed by atoms with E-state index in [2.05, 4.69) is 10.6 Å². The second kappa shape index (κ2) is 6.78. The first-order valence-corrected chi connectivity index (χ1v) is 8.67. The summed E-state index contributed by atoms with van der Waals surface area (Å²) >= 11 is 1.09. The Morgan fingerprint density at radius 3 is 2.91 bits per heavy atom. The number of benzene rings is 1. The van der Waals surface area contributed by atoms with E-state index in [1.807, 2.05) is 0 Å². The van der Waals surface area contributed by atoms with Crippen molar-refractivity contribution in [3.05, 3.63) is 29.6 Å². The van der Waals surface area contributed by atoms with Crippen LogP contribution in [0, 0.1) is 11.7 Å². The first kappa shape index (κ1) is 16.1. The van der Waals surface area contributed by atoms with Crippen molar-refractivity contribution in [2.75, 3.05) is 12.4 Å². The van der Waals surface area contributed by atoms with E-state index in [0.717, 1.165) is 24.6 Å². The monoisotopic (exact) mass is 338 g/mol. The summed E-state index contributed by atoms with van der Waals surface area (Å²) in [6.07, 6.45) is 2.30. The van der Waals surface area contributed by atoms with Crippen LogP contribution in [0.1, 0.15) is 31.4 Å². The third-order valence-electron chi connectivity index (χ3n) is 3.98. The van der Waals surface area contributed by atoms with E-state index in [1.165, 1.54) is 6.07 Å². The van der Waals surface area contributed by atoms with Crippen LogP contribution >= 0.6 is 11.8 Å². The number of rotatable bonds is 6. The van der Waals surface area contributed by atoms with Crippen LogP contribution in [0.25, 0.3) is 0 Å². The molecule has 5 nitrogen and oxygen atoms in total. The molecule has 1 aliphatic heterocycles. The summed E-state index contributed by atoms with van der Waals surface area (Å²) in [5.41, 5.74) is 0.659. The topological polar surface area (TPSA) is 67.4 Å². The minimum atomic E-state index is -0.527. The van der Waals surface area contributed by atoms with Crippen molar-refractivity contribution in [3.8, 4) is 5.75 Å². The standard InChI is InChI=1S/C16H19FN2O3S/c1-9(18-15(20)13-8-23-16(21)19-13)11-4-5-14(12(17)6-11)22-7-10-2-3-10/h4-6,9-10,13H,2-3,7-8H2,1H3,(H,18,20)(H,19,21). The van der Waals surface area contributed by atoms with Crippen LogP contribution in [-0.4, -0.2) is 29.5 Å². The number of amides is 2. The molecule has 1 aromatic rings. The minimum absolute atomic E-state index is 0.194. The van der Waals surface area contributed by atoms with Gasteiger partial charge in [0, 0.05) is 5.75 Å². The summed E-state index contributed by atoms with van der Waals surface area (Å²) in [7, 11) is 0. The van der Waals surface area contributed by atoms with Gasteiger partial charge in [0.2, 0.25) is 5.91 Å². The van der Waals surface area contributed by atoms with Crippen molar-refractivity contribution >= 4 is 22.9 Å². The van der Waals surface area contributed by atoms with E-state index < -0.39 is 11.9 Å². The predicted octanol–water partition coefficient (Wildman–Crippen LogP) is 2.62. The molecule has 7 heteroatoms. The van der Waals surface area contributed by atoms with Gasteiger partial charge in [0.05, 0.1) is 12.6 Å². The fourth-order valence-electron chi connectivity index (χ4n) is 2.32. The van der Waals surface area contributed by atoms with Crippen molar-refractivity contribution < 1.29 is 18.7 Å². The molecule has 1 saturated carbocycles. The van der Waals surface area contributed by atoms with Gasteiger partial charge in [0.1, 0.15) is 6.04 Å². The van der Waals surface area contributed by atoms with Gasteiger partial charge in [-0.15, -0.1) is 0 Å². The van der Waals surface area contributed by atoms with Crippen molar-refractivity contribution in [2.24, 2.45) is 5.92 Å². The molecular weight excluding hydrogens is 319 g/mol. The van der Waals surface area contributed by atoms with Crippen molar-refractivity contribution in [2.45, 2.75) is 31.8 Å². The zero-order chi connectivity index (χ0) is 16.4. The zero-order valence-electron chi connectivity index (χ0n) is 12.8. The van der Waals surface area contributed by atoms with Crippen LogP contribution in [0.15, 0.2) is 18.2 Å². The highest BCUT2D eigenvalue weighted by Gasteiger charge is 2.29. The first-order valence-electron chi connectivity index (χ1n) is 7.69. The Bertz CT molecular complexity index is 621. The Morgan fingerprint density at radius 2 is 2.30 bits per heavy atom. The average molecular weight is 338 g/mol. The second-order valence-electron chi connectivity index (χ2n) is 5.97. The van der Waals surface area contributed by atoms with Gasteiger partial charge in [0.15, 0.2) is 11.6 Å². The Hall–Kier alpha value is -1.76. The molecule has 2 unspecified atom stereocenters. The largest absolute Gasteiger partial charge is 0.490 e. The quantitative estimate of drug-likeness (QED) is 0.837. The number of thioether (sulfide) groups is 1. The smallest absolute Gasteiger partial charge is 0.279 e. The molecule has 3 rings (SSSR count). The highest BCUT2D eigenvalue weighted by Crippen LogP contribution is 2.30. The van der Waals surface area contributed by atoms with Gasteiger partial charge in [0.25, 0.3) is 5.24 Å². The highest BCUT2D eigenvalue weighted by atomic mass is 32.2. The summed E-state index contributed by atoms with van der Waals surface area (Å²) in [5.74, 6) is 0.546. The third kappa shape index (κ3) is 4.16. The van der Waals surface area contributed by atoms with Crippen LogP contribution in [0.5, 0.6) is 5.75 Å². The van der Waals surface area contributed by atoms with Gasteiger partial charge < -0.3 is 15.4 Å². The van der Waals surface area contributed by atoms with Gasteiger partial charge in [-0.2, -0.15) is 0 Å². The van der Waals surface area contributed by atoms with Crippen LogP contribution in [0.2, 0.25) is 0 Å². The van der Waals surface area contributed by atoms with E-state index in [1.54, 1.807) is 19.1 Å². The number of carbonyl (C=O) groups excluding carboxylic acids is 2. The van der Waals surface area contributed by atoms with Crippen molar-refractivity contribution in [3.63, 3.8) is 0 Å². The molecule has 2 N–H and O–H groups in total. The molecular formula is C16H19FN2O3S. The summed E-state index contributed by atoms with van der Waals surface area (Å²) in [6.45, 7) is 2.34. The zero-order valence-corrected chi connectivity index (χ0v) is 13.6. The lowest BCUT2D eigenvalue weighted by Crippen LogP contribution is -2.43. The van der Waals surface area contributed by atoms with E-state index in [0.29, 0.717) is 23.8 Å². The lowest BCUT2D eigenvalue weighted by molar-refractivity contribution is -0.122. The Labute approximate surface area is 138 Å². The van der Waals surface area contributed by atoms with Crippen LogP contribution in [0.3, 0.4) is 0 Å². The van der Waals surface area contributed by atoms with E-state index in [9.17, 15) is 14.0 Å². The number of halogens is 1. The molecule has 2 amide bonds. The molecule has 1 aliphatic carbocycles. The SMILES string of the molecule is CC(NC(=O)C1CSC(=O)N1)c1ccc(OCC2CC2)c(F)c1. The number of hydrogen-bond acceptors (Lipinski definition) is 4.